The molecule has 0 bridgehead atoms. The van der Waals surface area contributed by atoms with Crippen molar-refractivity contribution in [1.29, 1.82) is 0 Å². The Balaban J connectivity index is 2.15. The molecule has 2 N–H and O–H groups in total. The van der Waals surface area contributed by atoms with Crippen molar-refractivity contribution in [2.45, 2.75) is 32.6 Å². The van der Waals surface area contributed by atoms with Crippen molar-refractivity contribution in [3.8, 4) is 17.2 Å². The van der Waals surface area contributed by atoms with Crippen molar-refractivity contribution in [3.63, 3.8) is 0 Å². The van der Waals surface area contributed by atoms with E-state index in [-0.39, 0.29) is 28.5 Å². The molecule has 0 saturated carbocycles. The molecule has 0 spiro atoms. The molecule has 0 atom stereocenters. The summed E-state index contributed by atoms with van der Waals surface area (Å²) in [7, 11) is 1.39. The number of carbonyl (C=O) groups excluding carboxylic acids is 1. The number of nitrogens with one attached hydrogen (secondary N) is 1. The van der Waals surface area contributed by atoms with Crippen molar-refractivity contribution < 1.29 is 24.3 Å². The van der Waals surface area contributed by atoms with Crippen LogP contribution in [0.3, 0.4) is 0 Å². The summed E-state index contributed by atoms with van der Waals surface area (Å²) < 4.78 is 10.9. The highest BCUT2D eigenvalue weighted by Crippen LogP contribution is 2.38. The molecule has 2 aromatic rings. The van der Waals surface area contributed by atoms with Gasteiger partial charge in [0, 0.05) is 11.6 Å². The number of methoxy groups -OCH3 is 1. The molecule has 9 nitrogen and oxygen atoms in total. The van der Waals surface area contributed by atoms with Gasteiger partial charge in [-0.05, 0) is 24.6 Å². The number of benzene rings is 2. The predicted molar refractivity (Wildman–Crippen MR) is 112 cm³/mol. The Hall–Kier alpha value is -3.62. The summed E-state index contributed by atoms with van der Waals surface area (Å²) >= 11 is 0. The van der Waals surface area contributed by atoms with Crippen molar-refractivity contribution in [2.24, 2.45) is 5.10 Å². The summed E-state index contributed by atoms with van der Waals surface area (Å²) in [6.45, 7) is 2.45. The van der Waals surface area contributed by atoms with Gasteiger partial charge in [-0.3, -0.25) is 14.9 Å². The fraction of sp³-hybridized carbons (Fsp3) is 0.333. The van der Waals surface area contributed by atoms with Crippen LogP contribution in [0.4, 0.5) is 5.69 Å². The Labute approximate surface area is 174 Å². The average molecular weight is 415 g/mol. The summed E-state index contributed by atoms with van der Waals surface area (Å²) in [5.74, 6) is -0.525. The van der Waals surface area contributed by atoms with Crippen LogP contribution in [0.5, 0.6) is 17.2 Å². The second-order valence-electron chi connectivity index (χ2n) is 6.45. The smallest absolute Gasteiger partial charge is 0.315 e. The van der Waals surface area contributed by atoms with Gasteiger partial charge in [-0.1, -0.05) is 38.3 Å². The molecule has 0 aliphatic rings. The molecule has 0 radical (unpaired) electrons. The number of phenolic OH excluding ortho intramolecular Hbond substituents is 1. The summed E-state index contributed by atoms with van der Waals surface area (Å²) in [5, 5.41) is 25.0. The SMILES string of the molecule is CCCCCCOc1c(OC)cc(/C=N\NC(=O)c2ccccc2O)cc1[N+](=O)[O-]. The third kappa shape index (κ3) is 6.20. The minimum absolute atomic E-state index is 0.0602. The van der Waals surface area contributed by atoms with E-state index < -0.39 is 10.8 Å². The highest BCUT2D eigenvalue weighted by Gasteiger charge is 2.22. The first-order valence-corrected chi connectivity index (χ1v) is 9.58. The minimum atomic E-state index is -0.613. The molecular weight excluding hydrogens is 390 g/mol. The third-order valence-corrected chi connectivity index (χ3v) is 4.25. The number of nitro groups is 1. The van der Waals surface area contributed by atoms with Crippen LogP contribution >= 0.6 is 0 Å². The number of nitro benzene ring substituents is 1. The van der Waals surface area contributed by atoms with Gasteiger partial charge in [0.2, 0.25) is 5.75 Å². The number of aromatic hydroxyl groups is 1. The van der Waals surface area contributed by atoms with E-state index in [1.807, 2.05) is 0 Å². The second-order valence-corrected chi connectivity index (χ2v) is 6.45. The number of rotatable bonds is 11. The highest BCUT2D eigenvalue weighted by molar-refractivity contribution is 5.97. The molecule has 9 heteroatoms. The minimum Gasteiger partial charge on any atom is -0.507 e. The normalized spacial score (nSPS) is 10.7. The average Bonchev–Trinajstić information content (AvgIpc) is 2.73. The highest BCUT2D eigenvalue weighted by atomic mass is 16.6. The maximum absolute atomic E-state index is 12.1. The number of ether oxygens (including phenoxy) is 2. The Bertz CT molecular complexity index is 914. The molecule has 1 amide bonds. The molecule has 0 fully saturated rings. The van der Waals surface area contributed by atoms with Crippen molar-refractivity contribution in [1.82, 2.24) is 5.43 Å². The van der Waals surface area contributed by atoms with Gasteiger partial charge in [0.15, 0.2) is 5.75 Å². The van der Waals surface area contributed by atoms with Crippen LogP contribution in [0.2, 0.25) is 0 Å². The third-order valence-electron chi connectivity index (χ3n) is 4.25. The molecule has 2 aromatic carbocycles. The van der Waals surface area contributed by atoms with Crippen LogP contribution in [-0.4, -0.2) is 35.9 Å². The first kappa shape index (κ1) is 22.7. The van der Waals surface area contributed by atoms with Crippen LogP contribution in [0.25, 0.3) is 0 Å². The van der Waals surface area contributed by atoms with Gasteiger partial charge in [0.05, 0.1) is 30.4 Å². The van der Waals surface area contributed by atoms with Gasteiger partial charge >= 0.3 is 5.69 Å². The van der Waals surface area contributed by atoms with Gasteiger partial charge in [-0.15, -0.1) is 0 Å². The van der Waals surface area contributed by atoms with E-state index in [0.717, 1.165) is 25.7 Å². The van der Waals surface area contributed by atoms with E-state index in [9.17, 15) is 20.0 Å². The molecule has 0 aliphatic heterocycles. The lowest BCUT2D eigenvalue weighted by molar-refractivity contribution is -0.386. The van der Waals surface area contributed by atoms with E-state index >= 15 is 0 Å². The zero-order valence-electron chi connectivity index (χ0n) is 17.0. The summed E-state index contributed by atoms with van der Waals surface area (Å²) in [5.41, 5.74) is 2.42. The Morgan fingerprint density at radius 1 is 1.27 bits per heavy atom. The van der Waals surface area contributed by atoms with Gasteiger partial charge in [-0.2, -0.15) is 5.10 Å². The van der Waals surface area contributed by atoms with Gasteiger partial charge < -0.3 is 14.6 Å². The predicted octanol–water partition coefficient (Wildman–Crippen LogP) is 4.03. The van der Waals surface area contributed by atoms with Crippen LogP contribution in [-0.2, 0) is 0 Å². The second kappa shape index (κ2) is 11.4. The fourth-order valence-corrected chi connectivity index (χ4v) is 2.71. The lowest BCUT2D eigenvalue weighted by Crippen LogP contribution is -2.17. The number of hydrogen-bond donors (Lipinski definition) is 2. The molecule has 0 unspecified atom stereocenters. The summed E-state index contributed by atoms with van der Waals surface area (Å²) in [4.78, 5) is 23.0. The first-order chi connectivity index (χ1) is 14.5. The van der Waals surface area contributed by atoms with Gasteiger partial charge in [0.25, 0.3) is 5.91 Å². The molecule has 0 aliphatic carbocycles. The van der Waals surface area contributed by atoms with Crippen molar-refractivity contribution >= 4 is 17.8 Å². The van der Waals surface area contributed by atoms with Crippen LogP contribution in [0.15, 0.2) is 41.5 Å². The van der Waals surface area contributed by atoms with Crippen LogP contribution in [0.1, 0.15) is 48.5 Å². The zero-order valence-corrected chi connectivity index (χ0v) is 17.0. The van der Waals surface area contributed by atoms with Crippen LogP contribution < -0.4 is 14.9 Å². The van der Waals surface area contributed by atoms with E-state index in [1.165, 1.54) is 37.6 Å². The fourth-order valence-electron chi connectivity index (χ4n) is 2.71. The monoisotopic (exact) mass is 415 g/mol. The molecule has 2 rings (SSSR count). The Morgan fingerprint density at radius 3 is 2.70 bits per heavy atom. The Morgan fingerprint density at radius 2 is 2.03 bits per heavy atom. The lowest BCUT2D eigenvalue weighted by Gasteiger charge is -2.12. The topological polar surface area (TPSA) is 123 Å². The number of nitrogens with zero attached hydrogens (tertiary/aromatic N) is 2. The molecule has 0 saturated heterocycles. The van der Waals surface area contributed by atoms with Crippen molar-refractivity contribution in [2.75, 3.05) is 13.7 Å². The van der Waals surface area contributed by atoms with Crippen LogP contribution in [0, 0.1) is 10.1 Å². The number of hydrogen-bond acceptors (Lipinski definition) is 7. The number of unbranched alkanes of at least 4 members (excludes halogenated alkanes) is 3. The quantitative estimate of drug-likeness (QED) is 0.247. The molecule has 0 heterocycles. The number of hydrazone groups is 1. The molecule has 160 valence electrons. The molecule has 30 heavy (non-hydrogen) atoms. The van der Waals surface area contributed by atoms with Gasteiger partial charge in [-0.25, -0.2) is 5.43 Å². The summed E-state index contributed by atoms with van der Waals surface area (Å²) in [6, 6.07) is 8.85. The molecular formula is C21H25N3O6. The number of carbonyl (C=O) groups is 1. The number of phenols is 1. The molecule has 0 aromatic heterocycles. The zero-order chi connectivity index (χ0) is 21.9. The standard InChI is InChI=1S/C21H25N3O6/c1-3-4-5-8-11-30-20-17(24(27)28)12-15(13-19(20)29-2)14-22-23-21(26)16-9-6-7-10-18(16)25/h6-7,9-10,12-14,25H,3-5,8,11H2,1-2H3,(H,23,26)/b22-14-. The number of amides is 1. The largest absolute Gasteiger partial charge is 0.507 e. The Kier molecular flexibility index (Phi) is 8.61. The maximum Gasteiger partial charge on any atom is 0.315 e. The van der Waals surface area contributed by atoms with Gasteiger partial charge in [0.1, 0.15) is 5.75 Å². The van der Waals surface area contributed by atoms with E-state index in [1.54, 1.807) is 12.1 Å². The maximum atomic E-state index is 12.1. The lowest BCUT2D eigenvalue weighted by atomic mass is 10.1. The first-order valence-electron chi connectivity index (χ1n) is 9.58. The van der Waals surface area contributed by atoms with E-state index in [4.69, 9.17) is 9.47 Å². The van der Waals surface area contributed by atoms with Crippen molar-refractivity contribution in [3.05, 3.63) is 57.6 Å². The summed E-state index contributed by atoms with van der Waals surface area (Å²) in [6.07, 6.45) is 5.17. The van der Waals surface area contributed by atoms with E-state index in [2.05, 4.69) is 17.5 Å². The number of para-hydroxylation sites is 1. The van der Waals surface area contributed by atoms with E-state index in [0.29, 0.717) is 12.2 Å².